The second kappa shape index (κ2) is 7.32. The van der Waals surface area contributed by atoms with E-state index in [0.29, 0.717) is 22.8 Å². The third kappa shape index (κ3) is 3.24. The lowest BCUT2D eigenvalue weighted by atomic mass is 9.88. The zero-order valence-electron chi connectivity index (χ0n) is 13.6. The Morgan fingerprint density at radius 3 is 2.17 bits per heavy atom. The summed E-state index contributed by atoms with van der Waals surface area (Å²) in [6.45, 7) is 0.244. The molecule has 7 heteroatoms. The van der Waals surface area contributed by atoms with Crippen molar-refractivity contribution in [1.82, 2.24) is 0 Å². The first-order chi connectivity index (χ1) is 11.1. The van der Waals surface area contributed by atoms with Crippen LogP contribution in [0.3, 0.4) is 0 Å². The van der Waals surface area contributed by atoms with Gasteiger partial charge < -0.3 is 23.7 Å². The molecule has 0 aliphatic carbocycles. The van der Waals surface area contributed by atoms with Crippen molar-refractivity contribution in [2.24, 2.45) is 5.92 Å². The Morgan fingerprint density at radius 1 is 1.09 bits per heavy atom. The van der Waals surface area contributed by atoms with Gasteiger partial charge in [-0.15, -0.1) is 0 Å². The number of ether oxygens (including phenoxy) is 5. The van der Waals surface area contributed by atoms with Gasteiger partial charge in [-0.25, -0.2) is 0 Å². The highest BCUT2D eigenvalue weighted by Gasteiger charge is 2.41. The van der Waals surface area contributed by atoms with Crippen molar-refractivity contribution < 1.29 is 33.3 Å². The quantitative estimate of drug-likeness (QED) is 0.600. The molecule has 0 bridgehead atoms. The zero-order valence-corrected chi connectivity index (χ0v) is 13.6. The van der Waals surface area contributed by atoms with E-state index in [-0.39, 0.29) is 18.8 Å². The van der Waals surface area contributed by atoms with Crippen molar-refractivity contribution in [2.75, 3.05) is 35.0 Å². The van der Waals surface area contributed by atoms with Crippen molar-refractivity contribution in [3.8, 4) is 17.2 Å². The summed E-state index contributed by atoms with van der Waals surface area (Å²) in [6, 6.07) is 3.33. The molecule has 2 atom stereocenters. The first-order valence-corrected chi connectivity index (χ1v) is 7.09. The summed E-state index contributed by atoms with van der Waals surface area (Å²) in [5.41, 5.74) is 0.586. The first-order valence-electron chi connectivity index (χ1n) is 7.09. The van der Waals surface area contributed by atoms with E-state index in [1.807, 2.05) is 0 Å². The van der Waals surface area contributed by atoms with Crippen LogP contribution in [0.5, 0.6) is 17.2 Å². The number of Topliss-reactive ketones (excluding diaryl/α,β-unsaturated/α-hetero) is 1. The van der Waals surface area contributed by atoms with Gasteiger partial charge in [0.1, 0.15) is 12.0 Å². The number of methoxy groups -OCH3 is 4. The largest absolute Gasteiger partial charge is 0.493 e. The summed E-state index contributed by atoms with van der Waals surface area (Å²) in [5, 5.41) is 0. The zero-order chi connectivity index (χ0) is 17.0. The normalized spacial score (nSPS) is 20.8. The van der Waals surface area contributed by atoms with Crippen molar-refractivity contribution in [2.45, 2.75) is 12.5 Å². The standard InChI is InChI=1S/C16H20O7/c1-19-11-7-9(8-12(20-2)15(11)21-3)14-13(16(18)22-4)10(17)5-6-23-14/h7-8,13-14H,5-6H2,1-4H3/t13-,14+/m0/s1. The smallest absolute Gasteiger partial charge is 0.319 e. The number of esters is 1. The van der Waals surface area contributed by atoms with Crippen molar-refractivity contribution >= 4 is 11.8 Å². The summed E-state index contributed by atoms with van der Waals surface area (Å²) in [7, 11) is 5.73. The van der Waals surface area contributed by atoms with Crippen LogP contribution < -0.4 is 14.2 Å². The number of rotatable bonds is 5. The Balaban J connectivity index is 2.50. The lowest BCUT2D eigenvalue weighted by Crippen LogP contribution is -2.37. The Kier molecular flexibility index (Phi) is 5.44. The Labute approximate surface area is 134 Å². The Hall–Kier alpha value is -2.28. The maximum absolute atomic E-state index is 12.1. The van der Waals surface area contributed by atoms with Crippen LogP contribution in [0, 0.1) is 5.92 Å². The van der Waals surface area contributed by atoms with Gasteiger partial charge in [-0.1, -0.05) is 0 Å². The summed E-state index contributed by atoms with van der Waals surface area (Å²) in [5.74, 6) is -0.554. The van der Waals surface area contributed by atoms with E-state index in [2.05, 4.69) is 0 Å². The van der Waals surface area contributed by atoms with Gasteiger partial charge in [0.15, 0.2) is 17.3 Å². The average molecular weight is 324 g/mol. The van der Waals surface area contributed by atoms with Gasteiger partial charge in [0.2, 0.25) is 5.75 Å². The second-order valence-electron chi connectivity index (χ2n) is 4.97. The van der Waals surface area contributed by atoms with Crippen molar-refractivity contribution in [3.05, 3.63) is 17.7 Å². The monoisotopic (exact) mass is 324 g/mol. The number of ketones is 1. The van der Waals surface area contributed by atoms with Gasteiger partial charge in [-0.2, -0.15) is 0 Å². The van der Waals surface area contributed by atoms with Gasteiger partial charge in [0.25, 0.3) is 0 Å². The Bertz CT molecular complexity index is 563. The number of hydrogen-bond donors (Lipinski definition) is 0. The predicted octanol–water partition coefficient (Wildman–Crippen LogP) is 1.53. The fourth-order valence-corrected chi connectivity index (χ4v) is 2.64. The van der Waals surface area contributed by atoms with E-state index in [9.17, 15) is 9.59 Å². The van der Waals surface area contributed by atoms with E-state index in [1.165, 1.54) is 28.4 Å². The summed E-state index contributed by atoms with van der Waals surface area (Å²) >= 11 is 0. The van der Waals surface area contributed by atoms with Gasteiger partial charge in [-0.3, -0.25) is 9.59 Å². The molecule has 0 radical (unpaired) electrons. The van der Waals surface area contributed by atoms with Gasteiger partial charge >= 0.3 is 5.97 Å². The van der Waals surface area contributed by atoms with Crippen LogP contribution in [0.2, 0.25) is 0 Å². The van der Waals surface area contributed by atoms with E-state index in [1.54, 1.807) is 12.1 Å². The molecule has 1 heterocycles. The van der Waals surface area contributed by atoms with Crippen LogP contribution in [0.1, 0.15) is 18.1 Å². The lowest BCUT2D eigenvalue weighted by Gasteiger charge is -2.29. The predicted molar refractivity (Wildman–Crippen MR) is 79.9 cm³/mol. The molecular weight excluding hydrogens is 304 g/mol. The molecule has 23 heavy (non-hydrogen) atoms. The van der Waals surface area contributed by atoms with Gasteiger partial charge in [0, 0.05) is 6.42 Å². The number of hydrogen-bond acceptors (Lipinski definition) is 7. The highest BCUT2D eigenvalue weighted by Crippen LogP contribution is 2.43. The second-order valence-corrected chi connectivity index (χ2v) is 4.97. The molecule has 0 unspecified atom stereocenters. The van der Waals surface area contributed by atoms with Crippen molar-refractivity contribution in [1.29, 1.82) is 0 Å². The minimum Gasteiger partial charge on any atom is -0.493 e. The maximum atomic E-state index is 12.1. The number of benzene rings is 1. The third-order valence-corrected chi connectivity index (χ3v) is 3.77. The molecule has 1 fully saturated rings. The highest BCUT2D eigenvalue weighted by molar-refractivity contribution is 6.00. The van der Waals surface area contributed by atoms with Crippen molar-refractivity contribution in [3.63, 3.8) is 0 Å². The molecule has 1 saturated heterocycles. The van der Waals surface area contributed by atoms with Crippen LogP contribution in [0.4, 0.5) is 0 Å². The number of carbonyl (C=O) groups is 2. The molecule has 1 aromatic rings. The summed E-state index contributed by atoms with van der Waals surface area (Å²) in [4.78, 5) is 24.1. The molecule has 126 valence electrons. The molecule has 0 saturated carbocycles. The molecule has 0 aromatic heterocycles. The minimum absolute atomic E-state index is 0.181. The fourth-order valence-electron chi connectivity index (χ4n) is 2.64. The lowest BCUT2D eigenvalue weighted by molar-refractivity contribution is -0.161. The molecule has 1 aliphatic heterocycles. The molecule has 1 aliphatic rings. The molecule has 0 spiro atoms. The first kappa shape index (κ1) is 17.1. The SMILES string of the molecule is COC(=O)[C@H]1C(=O)CCO[C@@H]1c1cc(OC)c(OC)c(OC)c1. The molecule has 0 N–H and O–H groups in total. The molecule has 0 amide bonds. The van der Waals surface area contributed by atoms with Crippen LogP contribution in [0.25, 0.3) is 0 Å². The van der Waals surface area contributed by atoms with Gasteiger partial charge in [-0.05, 0) is 17.7 Å². The molecule has 1 aromatic carbocycles. The Morgan fingerprint density at radius 2 is 1.70 bits per heavy atom. The van der Waals surface area contributed by atoms with Crippen LogP contribution in [0.15, 0.2) is 12.1 Å². The topological polar surface area (TPSA) is 80.3 Å². The van der Waals surface area contributed by atoms with Crippen LogP contribution in [-0.4, -0.2) is 46.8 Å². The van der Waals surface area contributed by atoms with Crippen LogP contribution >= 0.6 is 0 Å². The average Bonchev–Trinajstić information content (AvgIpc) is 2.59. The summed E-state index contributed by atoms with van der Waals surface area (Å²) < 4.78 is 26.3. The van der Waals surface area contributed by atoms with E-state index >= 15 is 0 Å². The highest BCUT2D eigenvalue weighted by atomic mass is 16.5. The third-order valence-electron chi connectivity index (χ3n) is 3.77. The van der Waals surface area contributed by atoms with E-state index in [0.717, 1.165) is 0 Å². The maximum Gasteiger partial charge on any atom is 0.319 e. The fraction of sp³-hybridized carbons (Fsp3) is 0.500. The van der Waals surface area contributed by atoms with Gasteiger partial charge in [0.05, 0.1) is 35.0 Å². The minimum atomic E-state index is -1.00. The van der Waals surface area contributed by atoms with E-state index < -0.39 is 18.0 Å². The van der Waals surface area contributed by atoms with E-state index in [4.69, 9.17) is 23.7 Å². The molecule has 2 rings (SSSR count). The molecule has 7 nitrogen and oxygen atoms in total. The summed E-state index contributed by atoms with van der Waals surface area (Å²) in [6.07, 6.45) is -0.571. The number of carbonyl (C=O) groups excluding carboxylic acids is 2. The van der Waals surface area contributed by atoms with Crippen LogP contribution in [-0.2, 0) is 19.1 Å². The molecular formula is C16H20O7.